The lowest BCUT2D eigenvalue weighted by molar-refractivity contribution is -0.129. The zero-order chi connectivity index (χ0) is 9.03. The fourth-order valence-corrected chi connectivity index (χ4v) is 0.579. The van der Waals surface area contributed by atoms with Gasteiger partial charge in [-0.15, -0.1) is 9.98 Å². The molecule has 0 aromatic heterocycles. The van der Waals surface area contributed by atoms with Gasteiger partial charge in [0.25, 0.3) is 0 Å². The molecule has 1 amide bonds. The fraction of sp³-hybridized carbons (Fsp3) is 0.200. The molecule has 0 aromatic rings. The van der Waals surface area contributed by atoms with Gasteiger partial charge in [-0.25, -0.2) is 9.59 Å². The highest BCUT2D eigenvalue weighted by Crippen LogP contribution is 2.19. The SMILES string of the molecule is O=C=NC1(N=C=O)OC=NC1=O. The van der Waals surface area contributed by atoms with Crippen molar-refractivity contribution in [2.75, 3.05) is 0 Å². The van der Waals surface area contributed by atoms with Gasteiger partial charge in [0.15, 0.2) is 6.40 Å². The summed E-state index contributed by atoms with van der Waals surface area (Å²) in [7, 11) is 0. The first-order valence-electron chi connectivity index (χ1n) is 2.68. The van der Waals surface area contributed by atoms with Gasteiger partial charge >= 0.3 is 11.8 Å². The lowest BCUT2D eigenvalue weighted by atomic mass is 10.4. The third-order valence-electron chi connectivity index (χ3n) is 1.06. The Labute approximate surface area is 65.5 Å². The Balaban J connectivity index is 3.12. The zero-order valence-electron chi connectivity index (χ0n) is 5.55. The van der Waals surface area contributed by atoms with Crippen molar-refractivity contribution in [3.05, 3.63) is 0 Å². The Bertz CT molecular complexity index is 317. The van der Waals surface area contributed by atoms with Gasteiger partial charge in [-0.3, -0.25) is 4.79 Å². The maximum absolute atomic E-state index is 10.8. The van der Waals surface area contributed by atoms with Gasteiger partial charge in [-0.05, 0) is 0 Å². The number of rotatable bonds is 2. The van der Waals surface area contributed by atoms with Crippen LogP contribution in [0.2, 0.25) is 0 Å². The van der Waals surface area contributed by atoms with Gasteiger partial charge in [-0.1, -0.05) is 0 Å². The molecule has 7 heteroatoms. The van der Waals surface area contributed by atoms with E-state index in [1.807, 2.05) is 0 Å². The lowest BCUT2D eigenvalue weighted by Crippen LogP contribution is -2.31. The predicted octanol–water partition coefficient (Wildman–Crippen LogP) is -1.10. The van der Waals surface area contributed by atoms with Crippen LogP contribution in [0.4, 0.5) is 0 Å². The highest BCUT2D eigenvalue weighted by Gasteiger charge is 2.44. The van der Waals surface area contributed by atoms with Crippen LogP contribution in [0.5, 0.6) is 0 Å². The molecule has 7 nitrogen and oxygen atoms in total. The van der Waals surface area contributed by atoms with E-state index in [0.717, 1.165) is 18.6 Å². The largest absolute Gasteiger partial charge is 0.427 e. The van der Waals surface area contributed by atoms with Crippen molar-refractivity contribution in [3.63, 3.8) is 0 Å². The van der Waals surface area contributed by atoms with Crippen molar-refractivity contribution in [3.8, 4) is 0 Å². The molecule has 0 N–H and O–H groups in total. The summed E-state index contributed by atoms with van der Waals surface area (Å²) in [5.74, 6) is -3.17. The summed E-state index contributed by atoms with van der Waals surface area (Å²) in [5.41, 5.74) is 0. The minimum atomic E-state index is -2.20. The molecule has 0 saturated carbocycles. The van der Waals surface area contributed by atoms with E-state index in [0.29, 0.717) is 0 Å². The van der Waals surface area contributed by atoms with E-state index in [9.17, 15) is 14.4 Å². The van der Waals surface area contributed by atoms with Crippen LogP contribution in [0.3, 0.4) is 0 Å². The molecule has 0 aromatic carbocycles. The molecule has 1 aliphatic rings. The van der Waals surface area contributed by atoms with E-state index < -0.39 is 11.8 Å². The molecule has 1 aliphatic heterocycles. The van der Waals surface area contributed by atoms with Crippen LogP contribution in [-0.2, 0) is 19.1 Å². The number of aliphatic imine (C=N–C) groups is 3. The van der Waals surface area contributed by atoms with Gasteiger partial charge in [0, 0.05) is 0 Å². The molecule has 0 aliphatic carbocycles. The first kappa shape index (κ1) is 8.00. The van der Waals surface area contributed by atoms with Crippen LogP contribution in [0.15, 0.2) is 15.0 Å². The van der Waals surface area contributed by atoms with Crippen molar-refractivity contribution in [2.24, 2.45) is 15.0 Å². The van der Waals surface area contributed by atoms with Crippen molar-refractivity contribution >= 4 is 24.5 Å². The normalized spacial score (nSPS) is 25.5. The molecule has 0 atom stereocenters. The Morgan fingerprint density at radius 1 is 1.42 bits per heavy atom. The summed E-state index contributed by atoms with van der Waals surface area (Å²) in [4.78, 5) is 39.3. The summed E-state index contributed by atoms with van der Waals surface area (Å²) >= 11 is 0. The maximum atomic E-state index is 10.8. The standard InChI is InChI=1S/C5HN3O4/c9-1-7-5(8-2-10)4(11)6-3-12-5/h3H. The predicted molar refractivity (Wildman–Crippen MR) is 33.6 cm³/mol. The quantitative estimate of drug-likeness (QED) is 0.385. The third-order valence-corrected chi connectivity index (χ3v) is 1.06. The molecule has 0 radical (unpaired) electrons. The summed E-state index contributed by atoms with van der Waals surface area (Å²) in [6, 6.07) is 0. The van der Waals surface area contributed by atoms with Crippen molar-refractivity contribution in [1.82, 2.24) is 0 Å². The Hall–Kier alpha value is -2.10. The number of hydrogen-bond acceptors (Lipinski definition) is 6. The topological polar surface area (TPSA) is 97.5 Å². The van der Waals surface area contributed by atoms with E-state index in [2.05, 4.69) is 19.7 Å². The van der Waals surface area contributed by atoms with Crippen LogP contribution in [-0.4, -0.2) is 30.3 Å². The third kappa shape index (κ3) is 1.05. The lowest BCUT2D eigenvalue weighted by Gasteiger charge is -2.08. The van der Waals surface area contributed by atoms with Crippen LogP contribution >= 0.6 is 0 Å². The summed E-state index contributed by atoms with van der Waals surface area (Å²) in [6.07, 6.45) is 2.82. The van der Waals surface area contributed by atoms with E-state index >= 15 is 0 Å². The summed E-state index contributed by atoms with van der Waals surface area (Å²) in [5, 5.41) is 0. The molecule has 0 unspecified atom stereocenters. The van der Waals surface area contributed by atoms with Gasteiger partial charge in [-0.2, -0.15) is 4.99 Å². The highest BCUT2D eigenvalue weighted by molar-refractivity contribution is 5.95. The summed E-state index contributed by atoms with van der Waals surface area (Å²) in [6.45, 7) is 0. The molecule has 1 rings (SSSR count). The molecule has 1 heterocycles. The van der Waals surface area contributed by atoms with Crippen LogP contribution < -0.4 is 0 Å². The van der Waals surface area contributed by atoms with E-state index in [1.54, 1.807) is 0 Å². The van der Waals surface area contributed by atoms with Crippen LogP contribution in [0, 0.1) is 0 Å². The molecule has 0 bridgehead atoms. The second-order valence-corrected chi connectivity index (χ2v) is 1.67. The van der Waals surface area contributed by atoms with Crippen molar-refractivity contribution < 1.29 is 19.1 Å². The Kier molecular flexibility index (Phi) is 1.92. The first-order valence-corrected chi connectivity index (χ1v) is 2.68. The maximum Gasteiger partial charge on any atom is 0.405 e. The van der Waals surface area contributed by atoms with Crippen molar-refractivity contribution in [2.45, 2.75) is 5.85 Å². The second kappa shape index (κ2) is 2.87. The van der Waals surface area contributed by atoms with Crippen LogP contribution in [0.25, 0.3) is 0 Å². The number of carbonyl (C=O) groups is 1. The zero-order valence-corrected chi connectivity index (χ0v) is 5.55. The molecular weight excluding hydrogens is 166 g/mol. The highest BCUT2D eigenvalue weighted by atomic mass is 16.5. The number of ether oxygens (including phenoxy) is 1. The van der Waals surface area contributed by atoms with Crippen molar-refractivity contribution in [1.29, 1.82) is 0 Å². The average Bonchev–Trinajstić information content (AvgIpc) is 2.35. The van der Waals surface area contributed by atoms with Gasteiger partial charge < -0.3 is 4.74 Å². The molecule has 0 fully saturated rings. The molecule has 0 saturated heterocycles. The molecule has 60 valence electrons. The minimum Gasteiger partial charge on any atom is -0.427 e. The number of hydrogen-bond donors (Lipinski definition) is 0. The molecular formula is C5HN3O4. The van der Waals surface area contributed by atoms with E-state index in [4.69, 9.17) is 0 Å². The second-order valence-electron chi connectivity index (χ2n) is 1.67. The average molecular weight is 167 g/mol. The van der Waals surface area contributed by atoms with Gasteiger partial charge in [0.2, 0.25) is 12.2 Å². The first-order chi connectivity index (χ1) is 5.75. The minimum absolute atomic E-state index is 0.740. The monoisotopic (exact) mass is 167 g/mol. The summed E-state index contributed by atoms with van der Waals surface area (Å²) < 4.78 is 4.43. The van der Waals surface area contributed by atoms with Crippen LogP contribution in [0.1, 0.15) is 0 Å². The van der Waals surface area contributed by atoms with E-state index in [1.165, 1.54) is 0 Å². The van der Waals surface area contributed by atoms with Gasteiger partial charge in [0.05, 0.1) is 0 Å². The number of carbonyl (C=O) groups excluding carboxylic acids is 3. The smallest absolute Gasteiger partial charge is 0.405 e. The molecule has 0 spiro atoms. The van der Waals surface area contributed by atoms with Gasteiger partial charge in [0.1, 0.15) is 0 Å². The number of nitrogens with zero attached hydrogens (tertiary/aromatic N) is 3. The fourth-order valence-electron chi connectivity index (χ4n) is 0.579. The molecule has 12 heavy (non-hydrogen) atoms. The number of isocyanates is 2. The Morgan fingerprint density at radius 2 is 2.00 bits per heavy atom. The van der Waals surface area contributed by atoms with E-state index in [-0.39, 0.29) is 0 Å². The number of amides is 1. The Morgan fingerprint density at radius 3 is 2.33 bits per heavy atom.